The lowest BCUT2D eigenvalue weighted by molar-refractivity contribution is 0.103. The van der Waals surface area contributed by atoms with Crippen molar-refractivity contribution < 1.29 is 22.3 Å². The summed E-state index contributed by atoms with van der Waals surface area (Å²) in [6.07, 6.45) is 0. The number of anilines is 2. The van der Waals surface area contributed by atoms with E-state index >= 15 is 0 Å². The normalized spacial score (nSPS) is 11.4. The van der Waals surface area contributed by atoms with Gasteiger partial charge in [0.05, 0.1) is 27.8 Å². The minimum Gasteiger partial charge on any atom is -0.492 e. The van der Waals surface area contributed by atoms with Crippen LogP contribution in [0.25, 0.3) is 10.1 Å². The van der Waals surface area contributed by atoms with E-state index in [0.717, 1.165) is 26.5 Å². The molecule has 0 aliphatic heterocycles. The smallest absolute Gasteiger partial charge is 0.265 e. The molecule has 0 radical (unpaired) electrons. The molecule has 0 fully saturated rings. The number of amides is 1. The summed E-state index contributed by atoms with van der Waals surface area (Å²) in [5.74, 6) is -0.201. The van der Waals surface area contributed by atoms with E-state index in [1.807, 2.05) is 19.1 Å². The number of carbonyl (C=O) groups is 1. The minimum absolute atomic E-state index is 0.00940. The number of benzene rings is 3. The first-order chi connectivity index (χ1) is 15.8. The molecule has 0 atom stereocenters. The van der Waals surface area contributed by atoms with E-state index < -0.39 is 15.8 Å². The number of thiophene rings is 1. The van der Waals surface area contributed by atoms with Crippen molar-refractivity contribution >= 4 is 48.7 Å². The average molecular weight is 485 g/mol. The van der Waals surface area contributed by atoms with Crippen molar-refractivity contribution in [1.82, 2.24) is 0 Å². The highest BCUT2D eigenvalue weighted by molar-refractivity contribution is 7.92. The van der Waals surface area contributed by atoms with Gasteiger partial charge in [0.2, 0.25) is 0 Å². The Morgan fingerprint density at radius 3 is 2.52 bits per heavy atom. The van der Waals surface area contributed by atoms with Crippen LogP contribution in [-0.4, -0.2) is 28.0 Å². The molecule has 33 heavy (non-hydrogen) atoms. The quantitative estimate of drug-likeness (QED) is 0.375. The fourth-order valence-corrected chi connectivity index (χ4v) is 5.40. The van der Waals surface area contributed by atoms with E-state index in [0.29, 0.717) is 28.6 Å². The average Bonchev–Trinajstić information content (AvgIpc) is 3.24. The molecule has 3 aromatic carbocycles. The monoisotopic (exact) mass is 484 g/mol. The van der Waals surface area contributed by atoms with E-state index in [1.54, 1.807) is 36.4 Å². The van der Waals surface area contributed by atoms with Crippen LogP contribution in [0.3, 0.4) is 0 Å². The van der Waals surface area contributed by atoms with Crippen molar-refractivity contribution in [1.29, 1.82) is 0 Å². The van der Waals surface area contributed by atoms with Gasteiger partial charge < -0.3 is 10.1 Å². The summed E-state index contributed by atoms with van der Waals surface area (Å²) in [7, 11) is -2.43. The lowest BCUT2D eigenvalue weighted by Gasteiger charge is -2.19. The van der Waals surface area contributed by atoms with E-state index in [2.05, 4.69) is 5.32 Å². The number of sulfonamides is 1. The predicted molar refractivity (Wildman–Crippen MR) is 129 cm³/mol. The number of hydrogen-bond donors (Lipinski definition) is 1. The fourth-order valence-electron chi connectivity index (χ4n) is 3.28. The predicted octanol–water partition coefficient (Wildman–Crippen LogP) is 5.52. The standard InChI is InChI=1S/C24H21FN2O4S2/c1-3-31-21-7-5-4-6-20(21)26-24(28)23-15-16-14-18(10-13-22(16)32-23)27(2)33(29,30)19-11-8-17(25)9-12-19/h4-15H,3H2,1-2H3,(H,26,28). The number of carbonyl (C=O) groups excluding carboxylic acids is 1. The molecule has 0 saturated heterocycles. The highest BCUT2D eigenvalue weighted by atomic mass is 32.2. The van der Waals surface area contributed by atoms with E-state index in [4.69, 9.17) is 4.74 Å². The second kappa shape index (κ2) is 9.21. The molecular formula is C24H21FN2O4S2. The summed E-state index contributed by atoms with van der Waals surface area (Å²) in [4.78, 5) is 13.3. The number of fused-ring (bicyclic) bond motifs is 1. The molecule has 0 spiro atoms. The SMILES string of the molecule is CCOc1ccccc1NC(=O)c1cc2cc(N(C)S(=O)(=O)c3ccc(F)cc3)ccc2s1. The van der Waals surface area contributed by atoms with Crippen LogP contribution < -0.4 is 14.4 Å². The van der Waals surface area contributed by atoms with Crippen molar-refractivity contribution in [3.63, 3.8) is 0 Å². The van der Waals surface area contributed by atoms with Crippen molar-refractivity contribution in [2.24, 2.45) is 0 Å². The Labute approximate surface area is 195 Å². The number of halogens is 1. The van der Waals surface area contributed by atoms with Crippen LogP contribution in [0.1, 0.15) is 16.6 Å². The maximum atomic E-state index is 13.2. The molecular weight excluding hydrogens is 463 g/mol. The Hall–Kier alpha value is -3.43. The first-order valence-electron chi connectivity index (χ1n) is 10.1. The molecule has 1 aromatic heterocycles. The summed E-state index contributed by atoms with van der Waals surface area (Å²) < 4.78 is 46.5. The zero-order valence-corrected chi connectivity index (χ0v) is 19.5. The highest BCUT2D eigenvalue weighted by Crippen LogP contribution is 2.32. The summed E-state index contributed by atoms with van der Waals surface area (Å²) >= 11 is 1.31. The molecule has 170 valence electrons. The van der Waals surface area contributed by atoms with Gasteiger partial charge in [-0.15, -0.1) is 11.3 Å². The van der Waals surface area contributed by atoms with Gasteiger partial charge in [0.1, 0.15) is 11.6 Å². The molecule has 1 amide bonds. The van der Waals surface area contributed by atoms with Crippen LogP contribution >= 0.6 is 11.3 Å². The second-order valence-electron chi connectivity index (χ2n) is 7.14. The Morgan fingerprint density at radius 1 is 1.06 bits per heavy atom. The first kappa shape index (κ1) is 22.8. The molecule has 6 nitrogen and oxygen atoms in total. The number of rotatable bonds is 7. The number of hydrogen-bond acceptors (Lipinski definition) is 5. The number of ether oxygens (including phenoxy) is 1. The Morgan fingerprint density at radius 2 is 1.79 bits per heavy atom. The molecule has 4 aromatic rings. The topological polar surface area (TPSA) is 75.7 Å². The molecule has 0 aliphatic rings. The largest absolute Gasteiger partial charge is 0.492 e. The Kier molecular flexibility index (Phi) is 6.35. The maximum Gasteiger partial charge on any atom is 0.265 e. The van der Waals surface area contributed by atoms with Crippen LogP contribution in [-0.2, 0) is 10.0 Å². The number of nitrogens with zero attached hydrogens (tertiary/aromatic N) is 1. The van der Waals surface area contributed by atoms with Gasteiger partial charge in [-0.2, -0.15) is 0 Å². The fraction of sp³-hybridized carbons (Fsp3) is 0.125. The van der Waals surface area contributed by atoms with Gasteiger partial charge in [-0.05, 0) is 73.0 Å². The van der Waals surface area contributed by atoms with Gasteiger partial charge in [0, 0.05) is 11.7 Å². The van der Waals surface area contributed by atoms with Crippen molar-refractivity contribution in [2.75, 3.05) is 23.3 Å². The van der Waals surface area contributed by atoms with E-state index in [9.17, 15) is 17.6 Å². The lowest BCUT2D eigenvalue weighted by atomic mass is 10.2. The zero-order chi connectivity index (χ0) is 23.6. The van der Waals surface area contributed by atoms with Crippen molar-refractivity contribution in [3.8, 4) is 5.75 Å². The number of nitrogens with one attached hydrogen (secondary N) is 1. The molecule has 1 heterocycles. The van der Waals surface area contributed by atoms with Crippen LogP contribution in [0.4, 0.5) is 15.8 Å². The number of para-hydroxylation sites is 2. The minimum atomic E-state index is -3.86. The summed E-state index contributed by atoms with van der Waals surface area (Å²) in [6, 6.07) is 18.7. The Bertz CT molecular complexity index is 1420. The van der Waals surface area contributed by atoms with Crippen LogP contribution in [0.2, 0.25) is 0 Å². The van der Waals surface area contributed by atoms with Gasteiger partial charge in [0.25, 0.3) is 15.9 Å². The summed E-state index contributed by atoms with van der Waals surface area (Å²) in [5.41, 5.74) is 1.01. The molecule has 4 rings (SSSR count). The molecule has 9 heteroatoms. The maximum absolute atomic E-state index is 13.2. The molecule has 0 aliphatic carbocycles. The van der Waals surface area contributed by atoms with E-state index in [1.165, 1.54) is 30.5 Å². The molecule has 0 saturated carbocycles. The Balaban J connectivity index is 1.60. The van der Waals surface area contributed by atoms with E-state index in [-0.39, 0.29) is 10.8 Å². The van der Waals surface area contributed by atoms with Gasteiger partial charge >= 0.3 is 0 Å². The zero-order valence-electron chi connectivity index (χ0n) is 17.9. The first-order valence-corrected chi connectivity index (χ1v) is 12.4. The lowest BCUT2D eigenvalue weighted by Crippen LogP contribution is -2.26. The molecule has 1 N–H and O–H groups in total. The third-order valence-electron chi connectivity index (χ3n) is 4.99. The van der Waals surface area contributed by atoms with Gasteiger partial charge in [-0.3, -0.25) is 9.10 Å². The molecule has 0 unspecified atom stereocenters. The van der Waals surface area contributed by atoms with Gasteiger partial charge in [-0.25, -0.2) is 12.8 Å². The molecule has 0 bridgehead atoms. The van der Waals surface area contributed by atoms with Crippen molar-refractivity contribution in [3.05, 3.63) is 83.5 Å². The van der Waals surface area contributed by atoms with Crippen LogP contribution in [0, 0.1) is 5.82 Å². The van der Waals surface area contributed by atoms with Gasteiger partial charge in [0.15, 0.2) is 0 Å². The van der Waals surface area contributed by atoms with Gasteiger partial charge in [-0.1, -0.05) is 12.1 Å². The third-order valence-corrected chi connectivity index (χ3v) is 7.91. The van der Waals surface area contributed by atoms with Crippen LogP contribution in [0.5, 0.6) is 5.75 Å². The van der Waals surface area contributed by atoms with Crippen molar-refractivity contribution in [2.45, 2.75) is 11.8 Å². The second-order valence-corrected chi connectivity index (χ2v) is 10.2. The highest BCUT2D eigenvalue weighted by Gasteiger charge is 2.22. The summed E-state index contributed by atoms with van der Waals surface area (Å²) in [6.45, 7) is 2.35. The third kappa shape index (κ3) is 4.69. The van der Waals surface area contributed by atoms with Crippen LogP contribution in [0.15, 0.2) is 77.7 Å². The summed E-state index contributed by atoms with van der Waals surface area (Å²) in [5, 5.41) is 3.61.